The second-order valence-electron chi connectivity index (χ2n) is 7.91. The van der Waals surface area contributed by atoms with Gasteiger partial charge >= 0.3 is 0 Å². The number of sulfone groups is 1. The predicted molar refractivity (Wildman–Crippen MR) is 111 cm³/mol. The smallest absolute Gasteiger partial charge is 0.255 e. The van der Waals surface area contributed by atoms with Gasteiger partial charge in [0, 0.05) is 44.1 Å². The predicted octanol–water partition coefficient (Wildman–Crippen LogP) is 1.64. The van der Waals surface area contributed by atoms with Crippen molar-refractivity contribution in [2.24, 2.45) is 7.05 Å². The molecular weight excluding hydrogens is 390 g/mol. The molecule has 2 aliphatic heterocycles. The Morgan fingerprint density at radius 1 is 1.14 bits per heavy atom. The van der Waals surface area contributed by atoms with E-state index in [1.165, 1.54) is 11.3 Å². The number of hydrogen-bond donors (Lipinski definition) is 0. The number of aromatic nitrogens is 3. The van der Waals surface area contributed by atoms with Crippen LogP contribution in [0.4, 0.5) is 5.82 Å². The van der Waals surface area contributed by atoms with E-state index in [1.807, 2.05) is 24.7 Å². The number of amides is 1. The fourth-order valence-electron chi connectivity index (χ4n) is 4.39. The Hall–Kier alpha value is -2.42. The van der Waals surface area contributed by atoms with Crippen molar-refractivity contribution < 1.29 is 13.2 Å². The number of hydrogen-bond acceptors (Lipinski definition) is 6. The van der Waals surface area contributed by atoms with Crippen molar-refractivity contribution in [3.63, 3.8) is 0 Å². The van der Waals surface area contributed by atoms with Crippen LogP contribution in [-0.4, -0.2) is 65.1 Å². The van der Waals surface area contributed by atoms with Crippen LogP contribution in [0.1, 0.15) is 46.2 Å². The molecule has 2 fully saturated rings. The molecule has 1 amide bonds. The van der Waals surface area contributed by atoms with E-state index in [2.05, 4.69) is 21.9 Å². The maximum Gasteiger partial charge on any atom is 0.255 e. The van der Waals surface area contributed by atoms with E-state index in [-0.39, 0.29) is 36.5 Å². The lowest BCUT2D eigenvalue weighted by Crippen LogP contribution is -2.43. The molecule has 0 saturated carbocycles. The summed E-state index contributed by atoms with van der Waals surface area (Å²) in [6, 6.07) is 3.93. The number of pyridine rings is 1. The minimum Gasteiger partial charge on any atom is -0.349 e. The van der Waals surface area contributed by atoms with Crippen LogP contribution < -0.4 is 4.90 Å². The molecule has 0 radical (unpaired) electrons. The molecule has 1 unspecified atom stereocenters. The molecule has 2 aliphatic rings. The summed E-state index contributed by atoms with van der Waals surface area (Å²) in [5.74, 6) is 0.761. The second kappa shape index (κ2) is 7.44. The Labute approximate surface area is 171 Å². The van der Waals surface area contributed by atoms with E-state index >= 15 is 0 Å². The Balaban J connectivity index is 1.52. The first kappa shape index (κ1) is 19.9. The summed E-state index contributed by atoms with van der Waals surface area (Å²) in [5, 5.41) is 4.56. The standard InChI is InChI=1S/C20H27N5O3S/c1-14-19(15(2)23(3)22-14)17-5-4-8-25(17)18-7-6-16(13-21-18)20(26)24-9-11-29(27,28)12-10-24/h6-7,13,17H,4-5,8-12H2,1-3H3. The number of anilines is 1. The topological polar surface area (TPSA) is 88.4 Å². The highest BCUT2D eigenvalue weighted by molar-refractivity contribution is 7.91. The SMILES string of the molecule is Cc1nn(C)c(C)c1C1CCCN1c1ccc(C(=O)N2CCS(=O)(=O)CC2)cn1. The lowest BCUT2D eigenvalue weighted by molar-refractivity contribution is 0.0770. The van der Waals surface area contributed by atoms with E-state index in [0.29, 0.717) is 5.56 Å². The normalized spacial score (nSPS) is 21.6. The number of aryl methyl sites for hydroxylation is 2. The molecule has 0 N–H and O–H groups in total. The largest absolute Gasteiger partial charge is 0.349 e. The van der Waals surface area contributed by atoms with Gasteiger partial charge < -0.3 is 9.80 Å². The van der Waals surface area contributed by atoms with Crippen molar-refractivity contribution in [2.75, 3.05) is 36.0 Å². The first-order valence-corrected chi connectivity index (χ1v) is 11.8. The molecule has 8 nitrogen and oxygen atoms in total. The zero-order valence-corrected chi connectivity index (χ0v) is 17.9. The van der Waals surface area contributed by atoms with Crippen molar-refractivity contribution >= 4 is 21.6 Å². The van der Waals surface area contributed by atoms with E-state index in [9.17, 15) is 13.2 Å². The van der Waals surface area contributed by atoms with Gasteiger partial charge in [-0.15, -0.1) is 0 Å². The van der Waals surface area contributed by atoms with Crippen LogP contribution in [0.3, 0.4) is 0 Å². The average molecular weight is 418 g/mol. The number of rotatable bonds is 3. The van der Waals surface area contributed by atoms with Crippen molar-refractivity contribution in [3.8, 4) is 0 Å². The minimum absolute atomic E-state index is 0.0313. The first-order chi connectivity index (χ1) is 13.8. The van der Waals surface area contributed by atoms with Gasteiger partial charge in [0.25, 0.3) is 5.91 Å². The number of nitrogens with zero attached hydrogens (tertiary/aromatic N) is 5. The van der Waals surface area contributed by atoms with E-state index < -0.39 is 9.84 Å². The van der Waals surface area contributed by atoms with Crippen molar-refractivity contribution in [1.29, 1.82) is 0 Å². The first-order valence-electron chi connectivity index (χ1n) is 9.99. The fourth-order valence-corrected chi connectivity index (χ4v) is 5.60. The average Bonchev–Trinajstić information content (AvgIpc) is 3.25. The lowest BCUT2D eigenvalue weighted by atomic mass is 10.0. The molecule has 4 rings (SSSR count). The zero-order chi connectivity index (χ0) is 20.8. The van der Waals surface area contributed by atoms with Gasteiger partial charge in [-0.3, -0.25) is 9.48 Å². The van der Waals surface area contributed by atoms with Crippen LogP contribution in [0.25, 0.3) is 0 Å². The van der Waals surface area contributed by atoms with E-state index in [4.69, 9.17) is 0 Å². The molecular formula is C20H27N5O3S. The molecule has 156 valence electrons. The highest BCUT2D eigenvalue weighted by Crippen LogP contribution is 2.37. The molecule has 0 bridgehead atoms. The van der Waals surface area contributed by atoms with Gasteiger partial charge in [-0.2, -0.15) is 5.10 Å². The Morgan fingerprint density at radius 2 is 1.86 bits per heavy atom. The molecule has 4 heterocycles. The van der Waals surface area contributed by atoms with Crippen molar-refractivity contribution in [2.45, 2.75) is 32.7 Å². The van der Waals surface area contributed by atoms with Crippen LogP contribution in [0, 0.1) is 13.8 Å². The molecule has 0 aliphatic carbocycles. The van der Waals surface area contributed by atoms with E-state index in [0.717, 1.165) is 30.9 Å². The lowest BCUT2D eigenvalue weighted by Gasteiger charge is -2.28. The third-order valence-corrected chi connectivity index (χ3v) is 7.68. The minimum atomic E-state index is -3.01. The Morgan fingerprint density at radius 3 is 2.45 bits per heavy atom. The quantitative estimate of drug-likeness (QED) is 0.754. The van der Waals surface area contributed by atoms with Gasteiger partial charge in [0.1, 0.15) is 5.82 Å². The summed E-state index contributed by atoms with van der Waals surface area (Å²) in [6.07, 6.45) is 3.75. The molecule has 0 spiro atoms. The number of carbonyl (C=O) groups excluding carboxylic acids is 1. The molecule has 29 heavy (non-hydrogen) atoms. The molecule has 0 aromatic carbocycles. The maximum absolute atomic E-state index is 12.7. The van der Waals surface area contributed by atoms with Crippen LogP contribution in [0.2, 0.25) is 0 Å². The third-order valence-electron chi connectivity index (χ3n) is 6.07. The molecule has 2 saturated heterocycles. The van der Waals surface area contributed by atoms with Crippen molar-refractivity contribution in [1.82, 2.24) is 19.7 Å². The van der Waals surface area contributed by atoms with Crippen LogP contribution in [-0.2, 0) is 16.9 Å². The highest BCUT2D eigenvalue weighted by Gasteiger charge is 2.31. The fraction of sp³-hybridized carbons (Fsp3) is 0.550. The van der Waals surface area contributed by atoms with Gasteiger partial charge in [0.15, 0.2) is 9.84 Å². The van der Waals surface area contributed by atoms with E-state index in [1.54, 1.807) is 17.2 Å². The second-order valence-corrected chi connectivity index (χ2v) is 10.2. The summed E-state index contributed by atoms with van der Waals surface area (Å²) < 4.78 is 25.1. The third kappa shape index (κ3) is 3.75. The molecule has 2 aromatic rings. The van der Waals surface area contributed by atoms with Gasteiger partial charge in [0.2, 0.25) is 0 Å². The summed E-state index contributed by atoms with van der Waals surface area (Å²) in [6.45, 7) is 5.56. The maximum atomic E-state index is 12.7. The Kier molecular flexibility index (Phi) is 5.10. The summed E-state index contributed by atoms with van der Waals surface area (Å²) in [7, 11) is -1.04. The Bertz CT molecular complexity index is 1020. The summed E-state index contributed by atoms with van der Waals surface area (Å²) in [5.41, 5.74) is 3.99. The summed E-state index contributed by atoms with van der Waals surface area (Å²) in [4.78, 5) is 21.2. The molecule has 9 heteroatoms. The van der Waals surface area contributed by atoms with Gasteiger partial charge in [-0.1, -0.05) is 0 Å². The zero-order valence-electron chi connectivity index (χ0n) is 17.1. The van der Waals surface area contributed by atoms with Crippen molar-refractivity contribution in [3.05, 3.63) is 40.8 Å². The van der Waals surface area contributed by atoms with Gasteiger partial charge in [-0.05, 0) is 38.8 Å². The van der Waals surface area contributed by atoms with Crippen LogP contribution in [0.15, 0.2) is 18.3 Å². The summed E-state index contributed by atoms with van der Waals surface area (Å²) >= 11 is 0. The molecule has 1 atom stereocenters. The molecule has 2 aromatic heterocycles. The van der Waals surface area contributed by atoms with Crippen LogP contribution >= 0.6 is 0 Å². The van der Waals surface area contributed by atoms with Gasteiger partial charge in [-0.25, -0.2) is 13.4 Å². The highest BCUT2D eigenvalue weighted by atomic mass is 32.2. The van der Waals surface area contributed by atoms with Crippen LogP contribution in [0.5, 0.6) is 0 Å². The number of carbonyl (C=O) groups is 1. The monoisotopic (exact) mass is 417 g/mol. The van der Waals surface area contributed by atoms with Gasteiger partial charge in [0.05, 0.1) is 28.8 Å².